The molecule has 0 aromatic heterocycles. The smallest absolute Gasteiger partial charge is 0.279 e. The van der Waals surface area contributed by atoms with Crippen LogP contribution in [0.15, 0.2) is 54.6 Å². The van der Waals surface area contributed by atoms with Crippen molar-refractivity contribution in [3.05, 3.63) is 60.2 Å². The molecule has 0 spiro atoms. The van der Waals surface area contributed by atoms with E-state index in [1.807, 2.05) is 61.6 Å². The van der Waals surface area contributed by atoms with E-state index < -0.39 is 6.10 Å². The van der Waals surface area contributed by atoms with E-state index in [2.05, 4.69) is 5.43 Å². The SMILES string of the molecule is CN(NC(=O)C1CCc2ccccc2O1)c1ccccc1. The molecule has 1 aliphatic heterocycles. The summed E-state index contributed by atoms with van der Waals surface area (Å²) in [5, 5.41) is 1.71. The maximum absolute atomic E-state index is 12.3. The van der Waals surface area contributed by atoms with Gasteiger partial charge in [0.05, 0.1) is 5.69 Å². The molecule has 1 amide bonds. The number of para-hydroxylation sites is 2. The highest BCUT2D eigenvalue weighted by molar-refractivity contribution is 5.83. The Morgan fingerprint density at radius 2 is 1.86 bits per heavy atom. The molecule has 1 N–H and O–H groups in total. The lowest BCUT2D eigenvalue weighted by Crippen LogP contribution is -2.47. The number of hydrazine groups is 1. The van der Waals surface area contributed by atoms with Crippen LogP contribution in [0.4, 0.5) is 5.69 Å². The number of nitrogens with one attached hydrogen (secondary N) is 1. The zero-order valence-electron chi connectivity index (χ0n) is 12.0. The van der Waals surface area contributed by atoms with Crippen LogP contribution in [0.25, 0.3) is 0 Å². The molecule has 0 bridgehead atoms. The fourth-order valence-corrected chi connectivity index (χ4v) is 2.46. The van der Waals surface area contributed by atoms with Gasteiger partial charge in [-0.25, -0.2) is 0 Å². The van der Waals surface area contributed by atoms with Crippen LogP contribution in [0.5, 0.6) is 5.75 Å². The monoisotopic (exact) mass is 282 g/mol. The van der Waals surface area contributed by atoms with E-state index in [0.29, 0.717) is 6.42 Å². The first kappa shape index (κ1) is 13.5. The third kappa shape index (κ3) is 2.99. The number of fused-ring (bicyclic) bond motifs is 1. The van der Waals surface area contributed by atoms with Gasteiger partial charge >= 0.3 is 0 Å². The van der Waals surface area contributed by atoms with Crippen LogP contribution in [0.2, 0.25) is 0 Å². The summed E-state index contributed by atoms with van der Waals surface area (Å²) in [6.07, 6.45) is 1.13. The van der Waals surface area contributed by atoms with Crippen LogP contribution in [-0.4, -0.2) is 19.1 Å². The van der Waals surface area contributed by atoms with Gasteiger partial charge in [0.1, 0.15) is 5.75 Å². The second kappa shape index (κ2) is 5.87. The summed E-state index contributed by atoms with van der Waals surface area (Å²) in [5.74, 6) is 0.696. The summed E-state index contributed by atoms with van der Waals surface area (Å²) < 4.78 is 5.79. The normalized spacial score (nSPS) is 16.5. The number of nitrogens with zero attached hydrogens (tertiary/aromatic N) is 1. The van der Waals surface area contributed by atoms with E-state index >= 15 is 0 Å². The van der Waals surface area contributed by atoms with Crippen LogP contribution >= 0.6 is 0 Å². The summed E-state index contributed by atoms with van der Waals surface area (Å²) in [6, 6.07) is 17.6. The van der Waals surface area contributed by atoms with Gasteiger partial charge in [0.25, 0.3) is 5.91 Å². The van der Waals surface area contributed by atoms with Gasteiger partial charge in [-0.2, -0.15) is 0 Å². The van der Waals surface area contributed by atoms with Crippen molar-refractivity contribution in [1.82, 2.24) is 5.43 Å². The number of amides is 1. The molecular formula is C17H18N2O2. The number of anilines is 1. The Bertz CT molecular complexity index is 628. The Morgan fingerprint density at radius 1 is 1.14 bits per heavy atom. The molecule has 0 radical (unpaired) electrons. The number of carbonyl (C=O) groups is 1. The van der Waals surface area contributed by atoms with Gasteiger partial charge < -0.3 is 4.74 Å². The molecule has 1 atom stereocenters. The molecule has 3 rings (SSSR count). The van der Waals surface area contributed by atoms with Gasteiger partial charge in [-0.1, -0.05) is 36.4 Å². The minimum absolute atomic E-state index is 0.115. The van der Waals surface area contributed by atoms with Crippen LogP contribution in [0.3, 0.4) is 0 Å². The number of aryl methyl sites for hydroxylation is 1. The fraction of sp³-hybridized carbons (Fsp3) is 0.235. The first-order chi connectivity index (χ1) is 10.2. The number of hydrogen-bond acceptors (Lipinski definition) is 3. The van der Waals surface area contributed by atoms with E-state index in [0.717, 1.165) is 23.4 Å². The Hall–Kier alpha value is -2.49. The first-order valence-corrected chi connectivity index (χ1v) is 7.08. The molecule has 0 saturated carbocycles. The molecule has 0 fully saturated rings. The quantitative estimate of drug-likeness (QED) is 0.880. The summed E-state index contributed by atoms with van der Waals surface area (Å²) in [5.41, 5.74) is 4.96. The predicted octanol–water partition coefficient (Wildman–Crippen LogP) is 2.55. The fourth-order valence-electron chi connectivity index (χ4n) is 2.46. The highest BCUT2D eigenvalue weighted by Gasteiger charge is 2.26. The molecule has 4 heteroatoms. The number of ether oxygens (including phenoxy) is 1. The lowest BCUT2D eigenvalue weighted by Gasteiger charge is -2.28. The van der Waals surface area contributed by atoms with Crippen LogP contribution < -0.4 is 15.2 Å². The van der Waals surface area contributed by atoms with Gasteiger partial charge in [-0.3, -0.25) is 15.2 Å². The van der Waals surface area contributed by atoms with E-state index in [4.69, 9.17) is 4.74 Å². The van der Waals surface area contributed by atoms with Crippen molar-refractivity contribution in [2.75, 3.05) is 12.1 Å². The standard InChI is InChI=1S/C17H18N2O2/c1-19(14-8-3-2-4-9-14)18-17(20)16-12-11-13-7-5-6-10-15(13)21-16/h2-10,16H,11-12H2,1H3,(H,18,20). The Labute approximate surface area is 124 Å². The zero-order valence-corrected chi connectivity index (χ0v) is 12.0. The maximum Gasteiger partial charge on any atom is 0.279 e. The Morgan fingerprint density at radius 3 is 2.67 bits per heavy atom. The van der Waals surface area contributed by atoms with E-state index in [1.165, 1.54) is 0 Å². The molecule has 4 nitrogen and oxygen atoms in total. The summed E-state index contributed by atoms with van der Waals surface area (Å²) in [6.45, 7) is 0. The third-order valence-corrected chi connectivity index (χ3v) is 3.63. The van der Waals surface area contributed by atoms with Gasteiger partial charge in [-0.05, 0) is 36.6 Å². The molecule has 108 valence electrons. The second-order valence-electron chi connectivity index (χ2n) is 5.12. The van der Waals surface area contributed by atoms with Crippen LogP contribution in [0.1, 0.15) is 12.0 Å². The molecule has 1 heterocycles. The topological polar surface area (TPSA) is 41.6 Å². The van der Waals surface area contributed by atoms with E-state index in [9.17, 15) is 4.79 Å². The van der Waals surface area contributed by atoms with E-state index in [1.54, 1.807) is 5.01 Å². The van der Waals surface area contributed by atoms with Crippen molar-refractivity contribution in [2.24, 2.45) is 0 Å². The van der Waals surface area contributed by atoms with Gasteiger partial charge in [0.2, 0.25) is 0 Å². The molecule has 2 aromatic rings. The van der Waals surface area contributed by atoms with Crippen molar-refractivity contribution in [3.63, 3.8) is 0 Å². The summed E-state index contributed by atoms with van der Waals surface area (Å²) in [4.78, 5) is 12.3. The molecule has 1 unspecified atom stereocenters. The highest BCUT2D eigenvalue weighted by atomic mass is 16.5. The lowest BCUT2D eigenvalue weighted by molar-refractivity contribution is -0.128. The van der Waals surface area contributed by atoms with Crippen molar-refractivity contribution in [3.8, 4) is 5.75 Å². The second-order valence-corrected chi connectivity index (χ2v) is 5.12. The number of benzene rings is 2. The van der Waals surface area contributed by atoms with Crippen molar-refractivity contribution >= 4 is 11.6 Å². The molecule has 0 saturated heterocycles. The molecule has 21 heavy (non-hydrogen) atoms. The van der Waals surface area contributed by atoms with Crippen molar-refractivity contribution in [2.45, 2.75) is 18.9 Å². The molecular weight excluding hydrogens is 264 g/mol. The molecule has 0 aliphatic carbocycles. The zero-order chi connectivity index (χ0) is 14.7. The number of rotatable bonds is 3. The number of hydrogen-bond donors (Lipinski definition) is 1. The average molecular weight is 282 g/mol. The van der Waals surface area contributed by atoms with Crippen LogP contribution in [-0.2, 0) is 11.2 Å². The highest BCUT2D eigenvalue weighted by Crippen LogP contribution is 2.27. The maximum atomic E-state index is 12.3. The summed E-state index contributed by atoms with van der Waals surface area (Å²) in [7, 11) is 1.82. The Balaban J connectivity index is 1.65. The lowest BCUT2D eigenvalue weighted by atomic mass is 10.0. The minimum Gasteiger partial charge on any atom is -0.480 e. The Kier molecular flexibility index (Phi) is 3.77. The predicted molar refractivity (Wildman–Crippen MR) is 82.2 cm³/mol. The van der Waals surface area contributed by atoms with Crippen molar-refractivity contribution < 1.29 is 9.53 Å². The largest absolute Gasteiger partial charge is 0.480 e. The summed E-state index contributed by atoms with van der Waals surface area (Å²) >= 11 is 0. The number of carbonyl (C=O) groups excluding carboxylic acids is 1. The first-order valence-electron chi connectivity index (χ1n) is 7.08. The van der Waals surface area contributed by atoms with Crippen molar-refractivity contribution in [1.29, 1.82) is 0 Å². The molecule has 2 aromatic carbocycles. The van der Waals surface area contributed by atoms with Gasteiger partial charge in [0.15, 0.2) is 6.10 Å². The third-order valence-electron chi connectivity index (χ3n) is 3.63. The average Bonchev–Trinajstić information content (AvgIpc) is 2.55. The van der Waals surface area contributed by atoms with Gasteiger partial charge in [0, 0.05) is 7.05 Å². The molecule has 1 aliphatic rings. The van der Waals surface area contributed by atoms with Gasteiger partial charge in [-0.15, -0.1) is 0 Å². The van der Waals surface area contributed by atoms with E-state index in [-0.39, 0.29) is 5.91 Å². The van der Waals surface area contributed by atoms with Crippen LogP contribution in [0, 0.1) is 0 Å². The minimum atomic E-state index is -0.439.